The quantitative estimate of drug-likeness (QED) is 0.0692. The standard InChI is InChI=1S/C36H58N2O3S.Na/c1-2-3-4-5-6-7-8-9-10-11-12-13-14-15-16-17-18-19-20-24-31-36-37(32-33-27-22-21-23-28-33)34-29-25-26-30-35(34)38(36)42(39,40)41;/h21-23,25-30,36H,2-20,24,31-32H2,1H3,(H,39,40,41);/q;+1/p-1. The molecule has 0 amide bonds. The second kappa shape index (κ2) is 22.5. The Morgan fingerprint density at radius 2 is 0.977 bits per heavy atom. The number of unbranched alkanes of at least 4 members (excludes halogenated alkanes) is 19. The van der Waals surface area contributed by atoms with E-state index in [1.807, 2.05) is 42.5 Å². The van der Waals surface area contributed by atoms with Crippen LogP contribution in [0, 0.1) is 0 Å². The first-order chi connectivity index (χ1) is 20.5. The van der Waals surface area contributed by atoms with Gasteiger partial charge in [0.15, 0.2) is 10.3 Å². The fourth-order valence-electron chi connectivity index (χ4n) is 6.44. The molecule has 43 heavy (non-hydrogen) atoms. The molecule has 5 nitrogen and oxygen atoms in total. The van der Waals surface area contributed by atoms with Crippen LogP contribution in [-0.4, -0.2) is 19.1 Å². The molecule has 0 fully saturated rings. The van der Waals surface area contributed by atoms with Gasteiger partial charge in [0.2, 0.25) is 0 Å². The molecule has 0 saturated heterocycles. The minimum atomic E-state index is -4.62. The minimum Gasteiger partial charge on any atom is -0.731 e. The molecule has 2 aromatic carbocycles. The molecule has 0 saturated carbocycles. The third kappa shape index (κ3) is 14.3. The molecule has 0 spiro atoms. The zero-order valence-corrected chi connectivity index (χ0v) is 30.2. The number of rotatable bonds is 24. The predicted molar refractivity (Wildman–Crippen MR) is 178 cm³/mol. The minimum absolute atomic E-state index is 0. The maximum Gasteiger partial charge on any atom is 1.00 e. The topological polar surface area (TPSA) is 63.7 Å². The van der Waals surface area contributed by atoms with Crippen LogP contribution in [-0.2, 0) is 16.8 Å². The first kappa shape index (κ1) is 38.1. The van der Waals surface area contributed by atoms with Crippen LogP contribution < -0.4 is 38.8 Å². The van der Waals surface area contributed by atoms with Crippen molar-refractivity contribution in [3.8, 4) is 0 Å². The van der Waals surface area contributed by atoms with Gasteiger partial charge in [-0.15, -0.1) is 0 Å². The normalized spacial score (nSPS) is 14.6. The Balaban J connectivity index is 0.00000645. The number of nitrogens with zero attached hydrogens (tertiary/aromatic N) is 2. The molecule has 0 N–H and O–H groups in total. The molecule has 1 aliphatic heterocycles. The summed E-state index contributed by atoms with van der Waals surface area (Å²) in [6, 6.07) is 17.4. The van der Waals surface area contributed by atoms with Crippen LogP contribution >= 0.6 is 0 Å². The van der Waals surface area contributed by atoms with E-state index in [1.54, 1.807) is 12.1 Å². The zero-order chi connectivity index (χ0) is 29.9. The molecule has 1 atom stereocenters. The average molecular weight is 621 g/mol. The van der Waals surface area contributed by atoms with E-state index in [-0.39, 0.29) is 29.6 Å². The third-order valence-corrected chi connectivity index (χ3v) is 9.73. The van der Waals surface area contributed by atoms with Crippen molar-refractivity contribution >= 4 is 21.7 Å². The van der Waals surface area contributed by atoms with Crippen LogP contribution in [0.2, 0.25) is 0 Å². The fraction of sp³-hybridized carbons (Fsp3) is 0.667. The van der Waals surface area contributed by atoms with Crippen molar-refractivity contribution in [2.24, 2.45) is 0 Å². The molecule has 1 heterocycles. The van der Waals surface area contributed by atoms with E-state index >= 15 is 0 Å². The van der Waals surface area contributed by atoms with Gasteiger partial charge in [0, 0.05) is 6.54 Å². The predicted octanol–water partition coefficient (Wildman–Crippen LogP) is 7.52. The largest absolute Gasteiger partial charge is 1.00 e. The molecular weight excluding hydrogens is 563 g/mol. The molecule has 2 aromatic rings. The Morgan fingerprint density at radius 3 is 1.42 bits per heavy atom. The molecule has 1 unspecified atom stereocenters. The molecule has 1 aliphatic rings. The number of hydrogen-bond donors (Lipinski definition) is 0. The second-order valence-electron chi connectivity index (χ2n) is 12.3. The zero-order valence-electron chi connectivity index (χ0n) is 27.4. The van der Waals surface area contributed by atoms with Gasteiger partial charge < -0.3 is 9.45 Å². The summed E-state index contributed by atoms with van der Waals surface area (Å²) in [7, 11) is -4.62. The van der Waals surface area contributed by atoms with E-state index in [0.717, 1.165) is 28.4 Å². The number of fused-ring (bicyclic) bond motifs is 1. The van der Waals surface area contributed by atoms with Gasteiger partial charge in [-0.2, -0.15) is 0 Å². The Kier molecular flexibility index (Phi) is 19.9. The van der Waals surface area contributed by atoms with Gasteiger partial charge in [0.05, 0.1) is 11.4 Å². The van der Waals surface area contributed by atoms with Crippen LogP contribution in [0.5, 0.6) is 0 Å². The van der Waals surface area contributed by atoms with E-state index in [2.05, 4.69) is 11.8 Å². The summed E-state index contributed by atoms with van der Waals surface area (Å²) < 4.78 is 38.2. The number of benzene rings is 2. The molecule has 0 aliphatic carbocycles. The summed E-state index contributed by atoms with van der Waals surface area (Å²) in [5.74, 6) is 0. The monoisotopic (exact) mass is 620 g/mol. The number of anilines is 2. The maximum atomic E-state index is 12.4. The fourth-order valence-corrected chi connectivity index (χ4v) is 7.35. The van der Waals surface area contributed by atoms with Crippen LogP contribution in [0.4, 0.5) is 11.4 Å². The van der Waals surface area contributed by atoms with Crippen molar-refractivity contribution in [2.75, 3.05) is 9.21 Å². The smallest absolute Gasteiger partial charge is 0.731 e. The van der Waals surface area contributed by atoms with E-state index in [0.29, 0.717) is 18.7 Å². The molecule has 0 bridgehead atoms. The Bertz CT molecular complexity index is 1080. The van der Waals surface area contributed by atoms with Crippen molar-refractivity contribution in [2.45, 2.75) is 154 Å². The van der Waals surface area contributed by atoms with Crippen LogP contribution in [0.15, 0.2) is 54.6 Å². The molecular formula is C36H57N2NaO3S. The van der Waals surface area contributed by atoms with E-state index in [1.165, 1.54) is 116 Å². The first-order valence-electron chi connectivity index (χ1n) is 17.2. The molecule has 7 heteroatoms. The average Bonchev–Trinajstić information content (AvgIpc) is 3.30. The summed E-state index contributed by atoms with van der Waals surface area (Å²) >= 11 is 0. The van der Waals surface area contributed by atoms with Crippen molar-refractivity contribution in [1.82, 2.24) is 0 Å². The summed E-state index contributed by atoms with van der Waals surface area (Å²) in [4.78, 5) is 2.09. The van der Waals surface area contributed by atoms with E-state index < -0.39 is 16.5 Å². The third-order valence-electron chi connectivity index (χ3n) is 8.81. The summed E-state index contributed by atoms with van der Waals surface area (Å²) in [5, 5.41) is 0. The van der Waals surface area contributed by atoms with Gasteiger partial charge in [-0.05, 0) is 30.5 Å². The van der Waals surface area contributed by atoms with Crippen molar-refractivity contribution in [3.05, 3.63) is 60.2 Å². The van der Waals surface area contributed by atoms with E-state index in [4.69, 9.17) is 0 Å². The summed E-state index contributed by atoms with van der Waals surface area (Å²) in [6.45, 7) is 2.86. The number of para-hydroxylation sites is 2. The summed E-state index contributed by atoms with van der Waals surface area (Å²) in [5.41, 5.74) is 2.42. The van der Waals surface area contributed by atoms with Gasteiger partial charge >= 0.3 is 29.6 Å². The molecule has 0 aromatic heterocycles. The number of hydrogen-bond acceptors (Lipinski definition) is 4. The SMILES string of the molecule is CCCCCCCCCCCCCCCCCCCCCCC1N(Cc2ccccc2)c2ccccc2N1S(=O)(=O)[O-].[Na+]. The van der Waals surface area contributed by atoms with Crippen LogP contribution in [0.3, 0.4) is 0 Å². The van der Waals surface area contributed by atoms with Gasteiger partial charge in [0.1, 0.15) is 6.17 Å². The van der Waals surface area contributed by atoms with Crippen molar-refractivity contribution in [3.63, 3.8) is 0 Å². The van der Waals surface area contributed by atoms with Gasteiger partial charge in [-0.25, -0.2) is 8.42 Å². The second-order valence-corrected chi connectivity index (χ2v) is 13.6. The maximum absolute atomic E-state index is 12.4. The Labute approximate surface area is 286 Å². The van der Waals surface area contributed by atoms with Gasteiger partial charge in [-0.1, -0.05) is 171 Å². The van der Waals surface area contributed by atoms with Crippen LogP contribution in [0.1, 0.15) is 147 Å². The van der Waals surface area contributed by atoms with Gasteiger partial charge in [-0.3, -0.25) is 4.31 Å². The van der Waals surface area contributed by atoms with Crippen LogP contribution in [0.25, 0.3) is 0 Å². The van der Waals surface area contributed by atoms with Gasteiger partial charge in [0.25, 0.3) is 0 Å². The van der Waals surface area contributed by atoms with Crippen molar-refractivity contribution < 1.29 is 42.5 Å². The Hall–Kier alpha value is -1.05. The van der Waals surface area contributed by atoms with E-state index in [9.17, 15) is 13.0 Å². The molecule has 0 radical (unpaired) electrons. The van der Waals surface area contributed by atoms with Crippen molar-refractivity contribution in [1.29, 1.82) is 0 Å². The molecule has 3 rings (SSSR count). The first-order valence-corrected chi connectivity index (χ1v) is 18.5. The molecule has 236 valence electrons. The Morgan fingerprint density at radius 1 is 0.581 bits per heavy atom. The summed E-state index contributed by atoms with van der Waals surface area (Å²) in [6.07, 6.45) is 26.9.